The van der Waals surface area contributed by atoms with Gasteiger partial charge < -0.3 is 14.6 Å². The Bertz CT molecular complexity index is 659. The van der Waals surface area contributed by atoms with E-state index in [0.29, 0.717) is 18.7 Å². The summed E-state index contributed by atoms with van der Waals surface area (Å²) in [5, 5.41) is 2.72. The molecule has 22 heavy (non-hydrogen) atoms. The van der Waals surface area contributed by atoms with Crippen LogP contribution in [0.15, 0.2) is 40.8 Å². The van der Waals surface area contributed by atoms with Crippen LogP contribution >= 0.6 is 0 Å². The van der Waals surface area contributed by atoms with Gasteiger partial charge in [0.15, 0.2) is 0 Å². The largest absolute Gasteiger partial charge is 0.464 e. The van der Waals surface area contributed by atoms with Gasteiger partial charge in [-0.05, 0) is 36.8 Å². The molecule has 0 fully saturated rings. The summed E-state index contributed by atoms with van der Waals surface area (Å²) in [5.74, 6) is 1.45. The quantitative estimate of drug-likeness (QED) is 0.923. The van der Waals surface area contributed by atoms with Crippen molar-refractivity contribution in [3.05, 3.63) is 59.0 Å². The molecule has 0 bridgehead atoms. The number of nitrogens with zero attached hydrogens (tertiary/aromatic N) is 1. The van der Waals surface area contributed by atoms with Gasteiger partial charge in [0.1, 0.15) is 11.5 Å². The van der Waals surface area contributed by atoms with E-state index in [2.05, 4.69) is 5.32 Å². The molecule has 0 spiro atoms. The van der Waals surface area contributed by atoms with E-state index >= 15 is 0 Å². The highest BCUT2D eigenvalue weighted by Gasteiger charge is 2.13. The van der Waals surface area contributed by atoms with E-state index in [-0.39, 0.29) is 11.8 Å². The second kappa shape index (κ2) is 6.93. The van der Waals surface area contributed by atoms with E-state index in [4.69, 9.17) is 4.42 Å². The van der Waals surface area contributed by atoms with Gasteiger partial charge in [-0.2, -0.15) is 0 Å². The van der Waals surface area contributed by atoms with Gasteiger partial charge in [-0.25, -0.2) is 0 Å². The van der Waals surface area contributed by atoms with Gasteiger partial charge in [0.25, 0.3) is 5.91 Å². The van der Waals surface area contributed by atoms with Crippen molar-refractivity contribution in [1.82, 2.24) is 10.2 Å². The first-order valence-corrected chi connectivity index (χ1v) is 7.10. The van der Waals surface area contributed by atoms with Crippen LogP contribution in [0.2, 0.25) is 0 Å². The van der Waals surface area contributed by atoms with E-state index in [9.17, 15) is 9.59 Å². The zero-order valence-corrected chi connectivity index (χ0v) is 13.1. The maximum absolute atomic E-state index is 12.3. The van der Waals surface area contributed by atoms with Crippen LogP contribution in [0.3, 0.4) is 0 Å². The molecule has 5 heteroatoms. The van der Waals surface area contributed by atoms with Crippen LogP contribution in [0.4, 0.5) is 0 Å². The van der Waals surface area contributed by atoms with Crippen molar-refractivity contribution in [2.24, 2.45) is 0 Å². The monoisotopic (exact) mass is 300 g/mol. The van der Waals surface area contributed by atoms with Crippen molar-refractivity contribution < 1.29 is 14.0 Å². The molecule has 1 heterocycles. The van der Waals surface area contributed by atoms with Crippen molar-refractivity contribution in [2.75, 3.05) is 7.05 Å². The number of rotatable bonds is 5. The highest BCUT2D eigenvalue weighted by atomic mass is 16.3. The number of carbonyl (C=O) groups is 2. The lowest BCUT2D eigenvalue weighted by molar-refractivity contribution is -0.119. The van der Waals surface area contributed by atoms with Crippen LogP contribution < -0.4 is 5.32 Å². The summed E-state index contributed by atoms with van der Waals surface area (Å²) in [6.45, 7) is 4.24. The van der Waals surface area contributed by atoms with E-state index in [1.165, 1.54) is 6.92 Å². The molecule has 0 radical (unpaired) electrons. The van der Waals surface area contributed by atoms with Gasteiger partial charge in [0, 0.05) is 26.1 Å². The number of aryl methyl sites for hydroxylation is 1. The molecule has 1 aromatic carbocycles. The van der Waals surface area contributed by atoms with Crippen LogP contribution in [-0.4, -0.2) is 23.8 Å². The lowest BCUT2D eigenvalue weighted by atomic mass is 10.1. The molecule has 2 rings (SSSR count). The van der Waals surface area contributed by atoms with Gasteiger partial charge in [0.05, 0.1) is 6.54 Å². The summed E-state index contributed by atoms with van der Waals surface area (Å²) in [6, 6.07) is 11.0. The summed E-state index contributed by atoms with van der Waals surface area (Å²) in [6.07, 6.45) is 0. The van der Waals surface area contributed by atoms with E-state index in [1.807, 2.05) is 31.2 Å². The molecule has 5 nitrogen and oxygen atoms in total. The lowest BCUT2D eigenvalue weighted by Gasteiger charge is -2.16. The summed E-state index contributed by atoms with van der Waals surface area (Å²) in [7, 11) is 1.74. The highest BCUT2D eigenvalue weighted by Crippen LogP contribution is 2.12. The van der Waals surface area contributed by atoms with Crippen molar-refractivity contribution in [1.29, 1.82) is 0 Å². The first kappa shape index (κ1) is 15.8. The molecule has 1 N–H and O–H groups in total. The Balaban J connectivity index is 1.97. The third-order valence-electron chi connectivity index (χ3n) is 3.28. The van der Waals surface area contributed by atoms with Gasteiger partial charge in [-0.1, -0.05) is 12.1 Å². The fourth-order valence-corrected chi connectivity index (χ4v) is 2.09. The third-order valence-corrected chi connectivity index (χ3v) is 3.28. The molecule has 2 aromatic rings. The van der Waals surface area contributed by atoms with Crippen LogP contribution in [0.25, 0.3) is 0 Å². The Morgan fingerprint density at radius 2 is 1.82 bits per heavy atom. The van der Waals surface area contributed by atoms with Crippen LogP contribution in [0.1, 0.15) is 34.4 Å². The van der Waals surface area contributed by atoms with Crippen molar-refractivity contribution in [3.63, 3.8) is 0 Å². The molecule has 0 aliphatic carbocycles. The molecule has 0 saturated heterocycles. The average Bonchev–Trinajstić information content (AvgIpc) is 2.90. The molecule has 0 unspecified atom stereocenters. The first-order chi connectivity index (χ1) is 10.5. The van der Waals surface area contributed by atoms with Crippen molar-refractivity contribution in [3.8, 4) is 0 Å². The van der Waals surface area contributed by atoms with E-state index in [1.54, 1.807) is 24.1 Å². The molecule has 0 aliphatic rings. The molecular weight excluding hydrogens is 280 g/mol. The Hall–Kier alpha value is -2.56. The zero-order chi connectivity index (χ0) is 16.1. The average molecular weight is 300 g/mol. The van der Waals surface area contributed by atoms with Crippen molar-refractivity contribution in [2.45, 2.75) is 26.9 Å². The van der Waals surface area contributed by atoms with Gasteiger partial charge in [0.2, 0.25) is 5.91 Å². The van der Waals surface area contributed by atoms with Gasteiger partial charge in [-0.3, -0.25) is 9.59 Å². The third kappa shape index (κ3) is 4.22. The van der Waals surface area contributed by atoms with E-state index in [0.717, 1.165) is 17.1 Å². The number of carbonyl (C=O) groups excluding carboxylic acids is 2. The summed E-state index contributed by atoms with van der Waals surface area (Å²) < 4.78 is 5.48. The highest BCUT2D eigenvalue weighted by molar-refractivity contribution is 5.94. The predicted molar refractivity (Wildman–Crippen MR) is 83.2 cm³/mol. The molecular formula is C17H20N2O3. The Kier molecular flexibility index (Phi) is 4.99. The number of amides is 2. The smallest absolute Gasteiger partial charge is 0.254 e. The Morgan fingerprint density at radius 1 is 1.14 bits per heavy atom. The molecule has 0 atom stereocenters. The second-order valence-electron chi connectivity index (χ2n) is 5.28. The topological polar surface area (TPSA) is 62.6 Å². The van der Waals surface area contributed by atoms with Crippen LogP contribution in [0, 0.1) is 6.92 Å². The normalized spacial score (nSPS) is 10.3. The fourth-order valence-electron chi connectivity index (χ4n) is 2.09. The predicted octanol–water partition coefficient (Wildman–Crippen LogP) is 2.50. The zero-order valence-electron chi connectivity index (χ0n) is 13.1. The minimum absolute atomic E-state index is 0.0693. The summed E-state index contributed by atoms with van der Waals surface area (Å²) in [4.78, 5) is 24.8. The Labute approximate surface area is 129 Å². The molecule has 1 aromatic heterocycles. The standard InChI is InChI=1S/C17H20N2O3/c1-12-4-9-16(22-12)11-19(3)17(21)15-7-5-14(6-8-15)10-18-13(2)20/h4-9H,10-11H2,1-3H3,(H,18,20). The number of nitrogens with one attached hydrogen (secondary N) is 1. The molecule has 0 aliphatic heterocycles. The SMILES string of the molecule is CC(=O)NCc1ccc(C(=O)N(C)Cc2ccc(C)o2)cc1. The van der Waals surface area contributed by atoms with E-state index < -0.39 is 0 Å². The maximum Gasteiger partial charge on any atom is 0.254 e. The lowest BCUT2D eigenvalue weighted by Crippen LogP contribution is -2.26. The minimum Gasteiger partial charge on any atom is -0.464 e. The number of hydrogen-bond acceptors (Lipinski definition) is 3. The number of hydrogen-bond donors (Lipinski definition) is 1. The Morgan fingerprint density at radius 3 is 2.36 bits per heavy atom. The van der Waals surface area contributed by atoms with Crippen molar-refractivity contribution >= 4 is 11.8 Å². The molecule has 2 amide bonds. The summed E-state index contributed by atoms with van der Waals surface area (Å²) >= 11 is 0. The summed E-state index contributed by atoms with van der Waals surface area (Å²) in [5.41, 5.74) is 1.56. The molecule has 116 valence electrons. The minimum atomic E-state index is -0.0753. The first-order valence-electron chi connectivity index (χ1n) is 7.10. The van der Waals surface area contributed by atoms with Gasteiger partial charge in [-0.15, -0.1) is 0 Å². The fraction of sp³-hybridized carbons (Fsp3) is 0.294. The number of furan rings is 1. The van der Waals surface area contributed by atoms with Crippen LogP contribution in [-0.2, 0) is 17.9 Å². The van der Waals surface area contributed by atoms with Gasteiger partial charge >= 0.3 is 0 Å². The van der Waals surface area contributed by atoms with Crippen LogP contribution in [0.5, 0.6) is 0 Å². The maximum atomic E-state index is 12.3. The molecule has 0 saturated carbocycles. The second-order valence-corrected chi connectivity index (χ2v) is 5.28. The number of benzene rings is 1.